The number of H-pyrrole nitrogens is 1. The standard InChI is InChI=1S/C19H13F4N3O3/c20-15-7-2-1-4-11(15)10-26-17(28)14(9-24-18(26)29)16(27)25-13-6-3-5-12(8-13)19(21,22)23/h1-9H,10H2,(H,24,29)(H,25,27). The first-order valence-corrected chi connectivity index (χ1v) is 8.21. The first-order chi connectivity index (χ1) is 13.7. The van der Waals surface area contributed by atoms with Gasteiger partial charge in [0.2, 0.25) is 0 Å². The van der Waals surface area contributed by atoms with Crippen LogP contribution < -0.4 is 16.6 Å². The van der Waals surface area contributed by atoms with Crippen LogP contribution >= 0.6 is 0 Å². The van der Waals surface area contributed by atoms with E-state index in [0.29, 0.717) is 10.6 Å². The second-order valence-electron chi connectivity index (χ2n) is 6.02. The third-order valence-corrected chi connectivity index (χ3v) is 4.04. The van der Waals surface area contributed by atoms with Crippen molar-refractivity contribution in [3.05, 3.63) is 98.1 Å². The van der Waals surface area contributed by atoms with Gasteiger partial charge in [0.1, 0.15) is 11.4 Å². The largest absolute Gasteiger partial charge is 0.416 e. The number of aromatic nitrogens is 2. The molecule has 29 heavy (non-hydrogen) atoms. The molecule has 0 bridgehead atoms. The summed E-state index contributed by atoms with van der Waals surface area (Å²) in [6.07, 6.45) is -3.75. The fourth-order valence-electron chi connectivity index (χ4n) is 2.59. The lowest BCUT2D eigenvalue weighted by Gasteiger charge is -2.11. The zero-order valence-electron chi connectivity index (χ0n) is 14.6. The number of hydrogen-bond donors (Lipinski definition) is 2. The molecule has 0 aliphatic heterocycles. The topological polar surface area (TPSA) is 84.0 Å². The SMILES string of the molecule is O=C(Nc1cccc(C(F)(F)F)c1)c1c[nH]c(=O)n(Cc2ccccc2F)c1=O. The zero-order valence-corrected chi connectivity index (χ0v) is 14.6. The Morgan fingerprint density at radius 1 is 1.07 bits per heavy atom. The predicted octanol–water partition coefficient (Wildman–Crippen LogP) is 3.00. The summed E-state index contributed by atoms with van der Waals surface area (Å²) in [6.45, 7) is -0.425. The summed E-state index contributed by atoms with van der Waals surface area (Å²) in [4.78, 5) is 39.1. The molecule has 150 valence electrons. The fourth-order valence-corrected chi connectivity index (χ4v) is 2.59. The van der Waals surface area contributed by atoms with E-state index in [1.807, 2.05) is 0 Å². The minimum absolute atomic E-state index is 0.0514. The number of anilines is 1. The predicted molar refractivity (Wildman–Crippen MR) is 96.2 cm³/mol. The average Bonchev–Trinajstić information content (AvgIpc) is 2.66. The number of hydrogen-bond acceptors (Lipinski definition) is 3. The second-order valence-corrected chi connectivity index (χ2v) is 6.02. The van der Waals surface area contributed by atoms with Crippen LogP contribution in [0.25, 0.3) is 0 Å². The quantitative estimate of drug-likeness (QED) is 0.653. The van der Waals surface area contributed by atoms with E-state index >= 15 is 0 Å². The lowest BCUT2D eigenvalue weighted by Crippen LogP contribution is -2.39. The van der Waals surface area contributed by atoms with Gasteiger partial charge in [-0.2, -0.15) is 13.2 Å². The van der Waals surface area contributed by atoms with Crippen molar-refractivity contribution >= 4 is 11.6 Å². The van der Waals surface area contributed by atoms with Gasteiger partial charge in [0.05, 0.1) is 12.1 Å². The van der Waals surface area contributed by atoms with Crippen molar-refractivity contribution in [3.63, 3.8) is 0 Å². The van der Waals surface area contributed by atoms with Gasteiger partial charge >= 0.3 is 11.9 Å². The van der Waals surface area contributed by atoms with Crippen molar-refractivity contribution in [2.24, 2.45) is 0 Å². The maximum Gasteiger partial charge on any atom is 0.416 e. The Morgan fingerprint density at radius 2 is 1.79 bits per heavy atom. The monoisotopic (exact) mass is 407 g/mol. The van der Waals surface area contributed by atoms with E-state index in [-0.39, 0.29) is 11.3 Å². The van der Waals surface area contributed by atoms with Gasteiger partial charge in [0.25, 0.3) is 11.5 Å². The zero-order chi connectivity index (χ0) is 21.2. The van der Waals surface area contributed by atoms with Crippen LogP contribution in [0.1, 0.15) is 21.5 Å². The summed E-state index contributed by atoms with van der Waals surface area (Å²) in [5.74, 6) is -1.66. The van der Waals surface area contributed by atoms with Crippen LogP contribution in [-0.2, 0) is 12.7 Å². The van der Waals surface area contributed by atoms with Crippen molar-refractivity contribution in [3.8, 4) is 0 Å². The lowest BCUT2D eigenvalue weighted by molar-refractivity contribution is -0.137. The molecule has 0 fully saturated rings. The second kappa shape index (κ2) is 7.74. The first-order valence-electron chi connectivity index (χ1n) is 8.21. The number of amides is 1. The molecule has 0 aliphatic rings. The molecular weight excluding hydrogens is 394 g/mol. The molecule has 3 aromatic rings. The van der Waals surface area contributed by atoms with Gasteiger partial charge in [-0.15, -0.1) is 0 Å². The molecule has 0 saturated heterocycles. The number of nitrogens with zero attached hydrogens (tertiary/aromatic N) is 1. The summed E-state index contributed by atoms with van der Waals surface area (Å²) < 4.78 is 52.8. The van der Waals surface area contributed by atoms with Crippen molar-refractivity contribution < 1.29 is 22.4 Å². The molecule has 6 nitrogen and oxygen atoms in total. The molecule has 2 aromatic carbocycles. The van der Waals surface area contributed by atoms with Crippen LogP contribution in [0.15, 0.2) is 64.3 Å². The maximum atomic E-state index is 13.8. The van der Waals surface area contributed by atoms with Crippen LogP contribution in [0.5, 0.6) is 0 Å². The van der Waals surface area contributed by atoms with Crippen LogP contribution in [0.3, 0.4) is 0 Å². The van der Waals surface area contributed by atoms with E-state index in [1.165, 1.54) is 24.3 Å². The highest BCUT2D eigenvalue weighted by Gasteiger charge is 2.30. The molecule has 0 atom stereocenters. The molecule has 0 unspecified atom stereocenters. The Morgan fingerprint density at radius 3 is 2.48 bits per heavy atom. The number of halogens is 4. The fraction of sp³-hybridized carbons (Fsp3) is 0.105. The summed E-state index contributed by atoms with van der Waals surface area (Å²) in [6, 6.07) is 9.33. The third-order valence-electron chi connectivity index (χ3n) is 4.04. The maximum absolute atomic E-state index is 13.8. The number of carbonyl (C=O) groups is 1. The Balaban J connectivity index is 1.92. The number of carbonyl (C=O) groups excluding carboxylic acids is 1. The van der Waals surface area contributed by atoms with E-state index in [1.54, 1.807) is 0 Å². The number of aromatic amines is 1. The van der Waals surface area contributed by atoms with Gasteiger partial charge in [-0.1, -0.05) is 24.3 Å². The highest BCUT2D eigenvalue weighted by atomic mass is 19.4. The summed E-state index contributed by atoms with van der Waals surface area (Å²) in [7, 11) is 0. The molecule has 1 amide bonds. The number of benzene rings is 2. The molecule has 0 aliphatic carbocycles. The van der Waals surface area contributed by atoms with Gasteiger partial charge in [-0.05, 0) is 24.3 Å². The van der Waals surface area contributed by atoms with E-state index in [2.05, 4.69) is 10.3 Å². The van der Waals surface area contributed by atoms with Gasteiger partial charge in [0.15, 0.2) is 0 Å². The smallest absolute Gasteiger partial charge is 0.322 e. The van der Waals surface area contributed by atoms with Gasteiger partial charge in [-0.25, -0.2) is 9.18 Å². The molecule has 1 aromatic heterocycles. The highest BCUT2D eigenvalue weighted by molar-refractivity contribution is 6.03. The van der Waals surface area contributed by atoms with Crippen LogP contribution in [0.2, 0.25) is 0 Å². The molecule has 10 heteroatoms. The average molecular weight is 407 g/mol. The normalized spacial score (nSPS) is 11.3. The molecule has 1 heterocycles. The molecule has 0 saturated carbocycles. The number of nitrogens with one attached hydrogen (secondary N) is 2. The summed E-state index contributed by atoms with van der Waals surface area (Å²) >= 11 is 0. The Bertz CT molecular complexity index is 1180. The van der Waals surface area contributed by atoms with Gasteiger partial charge in [0, 0.05) is 17.4 Å². The molecular formula is C19H13F4N3O3. The molecule has 0 radical (unpaired) electrons. The minimum atomic E-state index is -4.61. The Labute approximate surface area is 160 Å². The van der Waals surface area contributed by atoms with E-state index in [4.69, 9.17) is 0 Å². The summed E-state index contributed by atoms with van der Waals surface area (Å²) in [5, 5.41) is 2.19. The molecule has 3 rings (SSSR count). The lowest BCUT2D eigenvalue weighted by atomic mass is 10.2. The van der Waals surface area contributed by atoms with Crippen molar-refractivity contribution in [2.45, 2.75) is 12.7 Å². The van der Waals surface area contributed by atoms with Crippen molar-refractivity contribution in [2.75, 3.05) is 5.32 Å². The van der Waals surface area contributed by atoms with Crippen LogP contribution in [-0.4, -0.2) is 15.5 Å². The van der Waals surface area contributed by atoms with E-state index < -0.39 is 46.8 Å². The van der Waals surface area contributed by atoms with E-state index in [9.17, 15) is 31.9 Å². The Hall–Kier alpha value is -3.69. The molecule has 2 N–H and O–H groups in total. The van der Waals surface area contributed by atoms with Crippen LogP contribution in [0, 0.1) is 5.82 Å². The Kier molecular flexibility index (Phi) is 5.35. The van der Waals surface area contributed by atoms with Crippen molar-refractivity contribution in [1.82, 2.24) is 9.55 Å². The highest BCUT2D eigenvalue weighted by Crippen LogP contribution is 2.30. The van der Waals surface area contributed by atoms with Gasteiger partial charge in [-0.3, -0.25) is 14.2 Å². The summed E-state index contributed by atoms with van der Waals surface area (Å²) in [5.41, 5.74) is -3.51. The first kappa shape index (κ1) is 20.1. The third kappa shape index (κ3) is 4.42. The number of rotatable bonds is 4. The van der Waals surface area contributed by atoms with Gasteiger partial charge < -0.3 is 10.3 Å². The van der Waals surface area contributed by atoms with E-state index in [0.717, 1.165) is 24.4 Å². The molecule has 0 spiro atoms. The number of alkyl halides is 3. The van der Waals surface area contributed by atoms with Crippen LogP contribution in [0.4, 0.5) is 23.2 Å². The van der Waals surface area contributed by atoms with Crippen molar-refractivity contribution in [1.29, 1.82) is 0 Å². The minimum Gasteiger partial charge on any atom is -0.322 e.